The van der Waals surface area contributed by atoms with Gasteiger partial charge in [-0.25, -0.2) is 4.79 Å². The molecule has 0 aromatic rings. The van der Waals surface area contributed by atoms with Crippen LogP contribution in [0, 0.1) is 0 Å². The fraction of sp³-hybridized carbons (Fsp3) is 0.750. The van der Waals surface area contributed by atoms with Crippen molar-refractivity contribution in [2.24, 2.45) is 0 Å². The van der Waals surface area contributed by atoms with Crippen LogP contribution in [0.1, 0.15) is 13.8 Å². The second-order valence-electron chi connectivity index (χ2n) is 2.68. The molecule has 0 aromatic heterocycles. The summed E-state index contributed by atoms with van der Waals surface area (Å²) >= 11 is 0. The van der Waals surface area contributed by atoms with Crippen molar-refractivity contribution in [1.82, 2.24) is 10.4 Å². The summed E-state index contributed by atoms with van der Waals surface area (Å²) in [7, 11) is 0. The van der Waals surface area contributed by atoms with Gasteiger partial charge in [-0.3, -0.25) is 4.84 Å². The van der Waals surface area contributed by atoms with Crippen molar-refractivity contribution < 1.29 is 9.63 Å². The zero-order chi connectivity index (χ0) is 8.97. The lowest BCUT2D eigenvalue weighted by Gasteiger charge is -2.32. The predicted octanol–water partition coefficient (Wildman–Crippen LogP) is -0.0529. The number of hydrogen-bond donors (Lipinski definition) is 1. The molecule has 0 aromatic carbocycles. The molecule has 0 aliphatic carbocycles. The standard InChI is InChI=1S/C8H14N2O2/c1-3-12-10-5-4-9-8(6-11)7(10)2/h7,9H,3-5H2,1-2H3. The minimum Gasteiger partial charge on any atom is -0.377 e. The highest BCUT2D eigenvalue weighted by Crippen LogP contribution is 2.09. The van der Waals surface area contributed by atoms with E-state index >= 15 is 0 Å². The van der Waals surface area contributed by atoms with Crippen molar-refractivity contribution in [3.8, 4) is 0 Å². The zero-order valence-corrected chi connectivity index (χ0v) is 7.46. The Morgan fingerprint density at radius 3 is 3.17 bits per heavy atom. The third-order valence-electron chi connectivity index (χ3n) is 1.90. The first-order valence-electron chi connectivity index (χ1n) is 4.18. The van der Waals surface area contributed by atoms with Crippen LogP contribution >= 0.6 is 0 Å². The highest BCUT2D eigenvalue weighted by molar-refractivity contribution is 5.53. The molecule has 1 aliphatic heterocycles. The van der Waals surface area contributed by atoms with Gasteiger partial charge in [0.05, 0.1) is 12.6 Å². The molecule has 0 bridgehead atoms. The van der Waals surface area contributed by atoms with Gasteiger partial charge in [-0.2, -0.15) is 5.06 Å². The van der Waals surface area contributed by atoms with Crippen molar-refractivity contribution in [3.05, 3.63) is 5.70 Å². The summed E-state index contributed by atoms with van der Waals surface area (Å²) in [5.41, 5.74) is 0.578. The summed E-state index contributed by atoms with van der Waals surface area (Å²) in [6.07, 6.45) is 0. The SMILES string of the molecule is CCON1CCNC(=C=O)C1C. The fourth-order valence-electron chi connectivity index (χ4n) is 1.25. The number of nitrogens with one attached hydrogen (secondary N) is 1. The van der Waals surface area contributed by atoms with Gasteiger partial charge in [-0.15, -0.1) is 0 Å². The molecule has 1 aliphatic rings. The molecule has 4 heteroatoms. The van der Waals surface area contributed by atoms with Crippen molar-refractivity contribution in [3.63, 3.8) is 0 Å². The van der Waals surface area contributed by atoms with Gasteiger partial charge in [0.15, 0.2) is 0 Å². The molecule has 1 rings (SSSR count). The average Bonchev–Trinajstić information content (AvgIpc) is 2.09. The number of hydrogen-bond acceptors (Lipinski definition) is 4. The van der Waals surface area contributed by atoms with E-state index in [2.05, 4.69) is 5.32 Å². The molecule has 1 saturated heterocycles. The van der Waals surface area contributed by atoms with Gasteiger partial charge in [-0.05, 0) is 13.8 Å². The normalized spacial score (nSPS) is 24.8. The summed E-state index contributed by atoms with van der Waals surface area (Å²) in [6.45, 7) is 6.03. The molecule has 1 atom stereocenters. The van der Waals surface area contributed by atoms with Gasteiger partial charge in [-0.1, -0.05) is 0 Å². The Bertz CT molecular complexity index is 197. The Hall–Kier alpha value is -0.830. The minimum atomic E-state index is -0.00352. The van der Waals surface area contributed by atoms with Gasteiger partial charge in [0.25, 0.3) is 0 Å². The molecule has 1 heterocycles. The molecular weight excluding hydrogens is 156 g/mol. The van der Waals surface area contributed by atoms with Gasteiger partial charge in [0.1, 0.15) is 11.6 Å². The lowest BCUT2D eigenvalue weighted by atomic mass is 10.2. The van der Waals surface area contributed by atoms with E-state index in [9.17, 15) is 4.79 Å². The first-order valence-corrected chi connectivity index (χ1v) is 4.18. The molecule has 0 spiro atoms. The first kappa shape index (κ1) is 9.26. The number of carbonyl (C=O) groups excluding carboxylic acids is 1. The van der Waals surface area contributed by atoms with E-state index in [0.717, 1.165) is 13.1 Å². The first-order chi connectivity index (χ1) is 5.79. The van der Waals surface area contributed by atoms with Gasteiger partial charge in [0, 0.05) is 13.1 Å². The van der Waals surface area contributed by atoms with Crippen molar-refractivity contribution in [2.45, 2.75) is 19.9 Å². The van der Waals surface area contributed by atoms with Crippen LogP contribution < -0.4 is 5.32 Å². The smallest absolute Gasteiger partial charge is 0.147 e. The van der Waals surface area contributed by atoms with Crippen molar-refractivity contribution in [2.75, 3.05) is 19.7 Å². The molecular formula is C8H14N2O2. The average molecular weight is 170 g/mol. The molecule has 0 saturated carbocycles. The molecule has 0 radical (unpaired) electrons. The molecule has 12 heavy (non-hydrogen) atoms. The van der Waals surface area contributed by atoms with E-state index in [1.807, 2.05) is 19.8 Å². The van der Waals surface area contributed by atoms with Crippen LogP contribution in [-0.4, -0.2) is 36.7 Å². The van der Waals surface area contributed by atoms with Crippen LogP contribution in [-0.2, 0) is 9.63 Å². The molecule has 1 unspecified atom stereocenters. The van der Waals surface area contributed by atoms with Crippen LogP contribution in [0.2, 0.25) is 0 Å². The lowest BCUT2D eigenvalue weighted by molar-refractivity contribution is -0.177. The number of hydroxylamine groups is 2. The predicted molar refractivity (Wildman–Crippen MR) is 45.0 cm³/mol. The molecule has 1 N–H and O–H groups in total. The topological polar surface area (TPSA) is 41.6 Å². The Labute approximate surface area is 72.1 Å². The van der Waals surface area contributed by atoms with E-state index < -0.39 is 0 Å². The van der Waals surface area contributed by atoms with Gasteiger partial charge < -0.3 is 5.32 Å². The minimum absolute atomic E-state index is 0.00352. The maximum Gasteiger partial charge on any atom is 0.147 e. The molecule has 1 fully saturated rings. The fourth-order valence-corrected chi connectivity index (χ4v) is 1.25. The van der Waals surface area contributed by atoms with Crippen LogP contribution in [0.3, 0.4) is 0 Å². The van der Waals surface area contributed by atoms with Crippen LogP contribution in [0.15, 0.2) is 5.70 Å². The maximum absolute atomic E-state index is 10.4. The summed E-state index contributed by atoms with van der Waals surface area (Å²) < 4.78 is 0. The zero-order valence-electron chi connectivity index (χ0n) is 7.46. The van der Waals surface area contributed by atoms with Crippen LogP contribution in [0.5, 0.6) is 0 Å². The van der Waals surface area contributed by atoms with Crippen LogP contribution in [0.25, 0.3) is 0 Å². The number of rotatable bonds is 2. The van der Waals surface area contributed by atoms with E-state index in [1.54, 1.807) is 5.06 Å². The number of piperazine rings is 1. The van der Waals surface area contributed by atoms with E-state index in [1.165, 1.54) is 0 Å². The van der Waals surface area contributed by atoms with Gasteiger partial charge >= 0.3 is 0 Å². The quantitative estimate of drug-likeness (QED) is 0.590. The van der Waals surface area contributed by atoms with E-state index in [-0.39, 0.29) is 6.04 Å². The highest BCUT2D eigenvalue weighted by Gasteiger charge is 2.23. The second kappa shape index (κ2) is 4.26. The molecule has 68 valence electrons. The monoisotopic (exact) mass is 170 g/mol. The largest absolute Gasteiger partial charge is 0.377 e. The Morgan fingerprint density at radius 2 is 2.58 bits per heavy atom. The van der Waals surface area contributed by atoms with E-state index in [0.29, 0.717) is 12.3 Å². The van der Waals surface area contributed by atoms with Crippen molar-refractivity contribution >= 4 is 5.94 Å². The lowest BCUT2D eigenvalue weighted by Crippen LogP contribution is -2.48. The third-order valence-corrected chi connectivity index (χ3v) is 1.90. The Kier molecular flexibility index (Phi) is 3.29. The highest BCUT2D eigenvalue weighted by atomic mass is 16.7. The summed E-state index contributed by atoms with van der Waals surface area (Å²) in [5, 5.41) is 4.78. The summed E-state index contributed by atoms with van der Waals surface area (Å²) in [4.78, 5) is 15.7. The third kappa shape index (κ3) is 1.85. The Balaban J connectivity index is 2.59. The molecule has 0 amide bonds. The molecule has 4 nitrogen and oxygen atoms in total. The van der Waals surface area contributed by atoms with Crippen molar-refractivity contribution in [1.29, 1.82) is 0 Å². The van der Waals surface area contributed by atoms with Gasteiger partial charge in [0.2, 0.25) is 0 Å². The van der Waals surface area contributed by atoms with E-state index in [4.69, 9.17) is 4.84 Å². The Morgan fingerprint density at radius 1 is 1.83 bits per heavy atom. The van der Waals surface area contributed by atoms with Crippen LogP contribution in [0.4, 0.5) is 0 Å². The maximum atomic E-state index is 10.4. The number of nitrogens with zero attached hydrogens (tertiary/aromatic N) is 1. The summed E-state index contributed by atoms with van der Waals surface area (Å²) in [6, 6.07) is -0.00352. The second-order valence-corrected chi connectivity index (χ2v) is 2.68. The summed E-state index contributed by atoms with van der Waals surface area (Å²) in [5.74, 6) is 1.88.